The molecule has 1 aromatic rings. The van der Waals surface area contributed by atoms with E-state index in [2.05, 4.69) is 15.6 Å². The zero-order valence-electron chi connectivity index (χ0n) is 16.5. The van der Waals surface area contributed by atoms with E-state index in [9.17, 15) is 41.4 Å². The number of halogens is 6. The summed E-state index contributed by atoms with van der Waals surface area (Å²) in [5, 5.41) is 19.8. The van der Waals surface area contributed by atoms with Gasteiger partial charge in [0, 0.05) is 5.41 Å². The third-order valence-electron chi connectivity index (χ3n) is 4.54. The number of allylic oxidation sites excluding steroid dienone is 1. The van der Waals surface area contributed by atoms with E-state index in [1.807, 2.05) is 0 Å². The second kappa shape index (κ2) is 9.44. The Morgan fingerprint density at radius 2 is 1.42 bits per heavy atom. The van der Waals surface area contributed by atoms with Crippen molar-refractivity contribution < 1.29 is 40.0 Å². The molecule has 0 radical (unpaired) electrons. The molecule has 1 aromatic carbocycles. The van der Waals surface area contributed by atoms with Gasteiger partial charge < -0.3 is 0 Å². The van der Waals surface area contributed by atoms with Crippen LogP contribution < -0.4 is 0 Å². The molecule has 0 saturated heterocycles. The first-order valence-electron chi connectivity index (χ1n) is 8.61. The highest BCUT2D eigenvalue weighted by Gasteiger charge is 2.60. The Bertz CT molecular complexity index is 864. The Hall–Kier alpha value is -2.33. The largest absolute Gasteiger partial charge is 0.412 e. The summed E-state index contributed by atoms with van der Waals surface area (Å²) in [5.74, 6) is 0. The van der Waals surface area contributed by atoms with Crippen molar-refractivity contribution in [3.8, 4) is 12.1 Å². The predicted molar refractivity (Wildman–Crippen MR) is 98.4 cm³/mol. The summed E-state index contributed by atoms with van der Waals surface area (Å²) >= 11 is 0. The number of alkyl halides is 6. The normalized spacial score (nSPS) is 14.4. The lowest BCUT2D eigenvalue weighted by Gasteiger charge is -2.42. The molecule has 0 spiro atoms. The maximum Gasteiger partial charge on any atom is 0.412 e. The zero-order chi connectivity index (χ0) is 24.1. The van der Waals surface area contributed by atoms with Crippen molar-refractivity contribution in [2.45, 2.75) is 31.9 Å². The van der Waals surface area contributed by atoms with Crippen LogP contribution in [0.15, 0.2) is 43.0 Å². The minimum absolute atomic E-state index is 0.173. The van der Waals surface area contributed by atoms with Crippen LogP contribution in [0.4, 0.5) is 26.3 Å². The first-order chi connectivity index (χ1) is 14.1. The van der Waals surface area contributed by atoms with E-state index < -0.39 is 49.7 Å². The average molecular weight is 468 g/mol. The Kier molecular flexibility index (Phi) is 8.13. The smallest absolute Gasteiger partial charge is 0.299 e. The minimum atomic E-state index is -5.44. The van der Waals surface area contributed by atoms with Crippen LogP contribution in [0.5, 0.6) is 0 Å². The summed E-state index contributed by atoms with van der Waals surface area (Å²) in [5.41, 5.74) is -6.32. The summed E-state index contributed by atoms with van der Waals surface area (Å²) in [6.07, 6.45) is -9.03. The van der Waals surface area contributed by atoms with Crippen LogP contribution in [-0.2, 0) is 13.6 Å². The lowest BCUT2D eigenvalue weighted by Crippen LogP contribution is -2.40. The van der Waals surface area contributed by atoms with Crippen molar-refractivity contribution in [2.24, 2.45) is 10.8 Å². The lowest BCUT2D eigenvalue weighted by molar-refractivity contribution is -0.166. The highest BCUT2D eigenvalue weighted by molar-refractivity contribution is 7.54. The minimum Gasteiger partial charge on any atom is -0.299 e. The van der Waals surface area contributed by atoms with Gasteiger partial charge in [0.05, 0.1) is 12.1 Å². The lowest BCUT2D eigenvalue weighted by atomic mass is 9.64. The van der Waals surface area contributed by atoms with E-state index in [4.69, 9.17) is 0 Å². The van der Waals surface area contributed by atoms with Gasteiger partial charge in [-0.05, 0) is 5.56 Å². The fourth-order valence-electron chi connectivity index (χ4n) is 2.77. The van der Waals surface area contributed by atoms with E-state index in [0.717, 1.165) is 6.08 Å². The Morgan fingerprint density at radius 1 is 1.00 bits per heavy atom. The number of nitrogens with zero attached hydrogens (tertiary/aromatic N) is 2. The summed E-state index contributed by atoms with van der Waals surface area (Å²) in [7, 11) is -5.44. The molecule has 31 heavy (non-hydrogen) atoms. The molecule has 0 aliphatic carbocycles. The van der Waals surface area contributed by atoms with Gasteiger partial charge in [-0.3, -0.25) is 13.6 Å². The highest BCUT2D eigenvalue weighted by Crippen LogP contribution is 2.71. The molecule has 0 saturated carbocycles. The highest BCUT2D eigenvalue weighted by atomic mass is 31.2. The van der Waals surface area contributed by atoms with Crippen molar-refractivity contribution in [3.05, 3.63) is 48.6 Å². The molecular formula is C19H19F6N2O3P. The average Bonchev–Trinajstić information content (AvgIpc) is 2.68. The number of rotatable bonds is 9. The third kappa shape index (κ3) is 6.33. The van der Waals surface area contributed by atoms with Crippen LogP contribution in [0.1, 0.15) is 25.1 Å². The SMILES string of the molecule is C=CC(C)(C)C(C#N)(C#N)C(c1ccccc1)P(=O)(OCC(F)(F)F)OCC(F)(F)F. The summed E-state index contributed by atoms with van der Waals surface area (Å²) < 4.78 is 99.3. The standard InChI is InChI=1S/C19H19F6N2O3P/c1-4-16(2,3)17(10-26,11-27)15(14-8-6-5-7-9-14)31(28,29-12-18(20,21)22)30-13-19(23,24)25/h4-9,15H,1,12-13H2,2-3H3. The maximum absolute atomic E-state index is 13.6. The van der Waals surface area contributed by atoms with Crippen molar-refractivity contribution in [1.82, 2.24) is 0 Å². The van der Waals surface area contributed by atoms with Gasteiger partial charge in [0.15, 0.2) is 18.6 Å². The van der Waals surface area contributed by atoms with Crippen LogP contribution in [0.2, 0.25) is 0 Å². The maximum atomic E-state index is 13.6. The van der Waals surface area contributed by atoms with Gasteiger partial charge in [-0.1, -0.05) is 50.3 Å². The molecule has 0 N–H and O–H groups in total. The fraction of sp³-hybridized carbons (Fsp3) is 0.474. The van der Waals surface area contributed by atoms with Crippen LogP contribution in [0.25, 0.3) is 0 Å². The monoisotopic (exact) mass is 468 g/mol. The van der Waals surface area contributed by atoms with Gasteiger partial charge in [0.1, 0.15) is 5.66 Å². The Morgan fingerprint density at radius 3 is 1.74 bits per heavy atom. The molecule has 5 nitrogen and oxygen atoms in total. The van der Waals surface area contributed by atoms with Crippen molar-refractivity contribution in [1.29, 1.82) is 10.5 Å². The molecular weight excluding hydrogens is 449 g/mol. The van der Waals surface area contributed by atoms with Gasteiger partial charge in [-0.15, -0.1) is 6.58 Å². The molecule has 0 fully saturated rings. The molecule has 170 valence electrons. The molecule has 0 heterocycles. The quantitative estimate of drug-likeness (QED) is 0.241. The number of hydrogen-bond donors (Lipinski definition) is 0. The molecule has 0 aliphatic rings. The van der Waals surface area contributed by atoms with Gasteiger partial charge in [0.25, 0.3) is 0 Å². The molecule has 12 heteroatoms. The van der Waals surface area contributed by atoms with Crippen LogP contribution in [-0.4, -0.2) is 25.6 Å². The van der Waals surface area contributed by atoms with E-state index in [1.165, 1.54) is 44.2 Å². The van der Waals surface area contributed by atoms with Crippen LogP contribution in [0.3, 0.4) is 0 Å². The number of benzene rings is 1. The first kappa shape index (κ1) is 26.7. The van der Waals surface area contributed by atoms with Crippen molar-refractivity contribution >= 4 is 7.60 Å². The van der Waals surface area contributed by atoms with Crippen molar-refractivity contribution in [3.63, 3.8) is 0 Å². The number of nitriles is 2. The van der Waals surface area contributed by atoms with E-state index >= 15 is 0 Å². The fourth-order valence-corrected chi connectivity index (χ4v) is 5.25. The predicted octanol–water partition coefficient (Wildman–Crippen LogP) is 6.32. The van der Waals surface area contributed by atoms with E-state index in [0.29, 0.717) is 0 Å². The van der Waals surface area contributed by atoms with Gasteiger partial charge >= 0.3 is 19.9 Å². The summed E-state index contributed by atoms with van der Waals surface area (Å²) in [6, 6.07) is 9.83. The van der Waals surface area contributed by atoms with Gasteiger partial charge in [-0.2, -0.15) is 36.9 Å². The van der Waals surface area contributed by atoms with Crippen LogP contribution >= 0.6 is 7.60 Å². The Balaban J connectivity index is 3.86. The van der Waals surface area contributed by atoms with Gasteiger partial charge in [0.2, 0.25) is 0 Å². The topological polar surface area (TPSA) is 83.1 Å². The second-order valence-corrected chi connectivity index (χ2v) is 9.20. The molecule has 0 aromatic heterocycles. The summed E-state index contributed by atoms with van der Waals surface area (Å²) in [4.78, 5) is 0. The number of hydrogen-bond acceptors (Lipinski definition) is 5. The molecule has 0 bridgehead atoms. The van der Waals surface area contributed by atoms with Gasteiger partial charge in [-0.25, -0.2) is 0 Å². The van der Waals surface area contributed by atoms with E-state index in [1.54, 1.807) is 12.1 Å². The van der Waals surface area contributed by atoms with Crippen molar-refractivity contribution in [2.75, 3.05) is 13.2 Å². The molecule has 0 amide bonds. The summed E-state index contributed by atoms with van der Waals surface area (Å²) in [6.45, 7) is 1.67. The van der Waals surface area contributed by atoms with Crippen LogP contribution in [0, 0.1) is 33.5 Å². The zero-order valence-corrected chi connectivity index (χ0v) is 17.4. The second-order valence-electron chi connectivity index (χ2n) is 7.09. The Labute approximate surface area is 175 Å². The molecule has 1 atom stereocenters. The van der Waals surface area contributed by atoms with E-state index in [-0.39, 0.29) is 5.56 Å². The molecule has 1 unspecified atom stereocenters. The third-order valence-corrected chi connectivity index (χ3v) is 6.83. The molecule has 1 rings (SSSR count). The first-order valence-corrected chi connectivity index (χ1v) is 10.2. The molecule has 0 aliphatic heterocycles.